The largest absolute Gasteiger partial charge is 0.244 e. The summed E-state index contributed by atoms with van der Waals surface area (Å²) in [6.45, 7) is 2.15. The predicted octanol–water partition coefficient (Wildman–Crippen LogP) is 0.549. The van der Waals surface area contributed by atoms with E-state index in [4.69, 9.17) is 0 Å². The summed E-state index contributed by atoms with van der Waals surface area (Å²) >= 11 is 0. The highest BCUT2D eigenvalue weighted by Gasteiger charge is 1.93. The molecule has 1 aliphatic heterocycles. The Hall–Kier alpha value is -0.120. The van der Waals surface area contributed by atoms with Crippen molar-refractivity contribution in [3.8, 4) is 0 Å². The van der Waals surface area contributed by atoms with Gasteiger partial charge in [-0.05, 0) is 12.8 Å². The highest BCUT2D eigenvalue weighted by Crippen LogP contribution is 2.01. The SMILES string of the molecule is C1CCCNNNCCC1. The molecule has 1 fully saturated rings. The van der Waals surface area contributed by atoms with Crippen LogP contribution in [0.1, 0.15) is 32.1 Å². The van der Waals surface area contributed by atoms with E-state index in [1.165, 1.54) is 32.1 Å². The number of hydrazine groups is 2. The minimum atomic E-state index is 1.08. The van der Waals surface area contributed by atoms with E-state index in [9.17, 15) is 0 Å². The van der Waals surface area contributed by atoms with Crippen molar-refractivity contribution in [2.75, 3.05) is 13.1 Å². The van der Waals surface area contributed by atoms with E-state index in [1.54, 1.807) is 0 Å². The minimum absolute atomic E-state index is 1.08. The first-order chi connectivity index (χ1) is 5.00. The second-order valence-corrected chi connectivity index (χ2v) is 2.75. The van der Waals surface area contributed by atoms with Gasteiger partial charge in [-0.1, -0.05) is 19.3 Å². The van der Waals surface area contributed by atoms with E-state index < -0.39 is 0 Å². The molecule has 60 valence electrons. The standard InChI is InChI=1S/C7H17N3/c1-2-4-6-8-10-9-7-5-3-1/h8-10H,1-7H2. The molecule has 0 bridgehead atoms. The minimum Gasteiger partial charge on any atom is -0.244 e. The molecule has 1 rings (SSSR count). The highest BCUT2D eigenvalue weighted by atomic mass is 15.6. The van der Waals surface area contributed by atoms with Crippen molar-refractivity contribution < 1.29 is 0 Å². The first-order valence-electron chi connectivity index (χ1n) is 4.21. The summed E-state index contributed by atoms with van der Waals surface area (Å²) in [5, 5.41) is 0. The average Bonchev–Trinajstić information content (AvgIpc) is 2.01. The van der Waals surface area contributed by atoms with Crippen LogP contribution >= 0.6 is 0 Å². The summed E-state index contributed by atoms with van der Waals surface area (Å²) in [6, 6.07) is 0. The molecule has 0 atom stereocenters. The van der Waals surface area contributed by atoms with Crippen LogP contribution in [0.2, 0.25) is 0 Å². The van der Waals surface area contributed by atoms with Crippen LogP contribution in [0.5, 0.6) is 0 Å². The molecule has 1 saturated heterocycles. The third kappa shape index (κ3) is 3.82. The van der Waals surface area contributed by atoms with Crippen LogP contribution in [-0.2, 0) is 0 Å². The van der Waals surface area contributed by atoms with Crippen LogP contribution in [-0.4, -0.2) is 13.1 Å². The molecule has 0 aromatic heterocycles. The van der Waals surface area contributed by atoms with Gasteiger partial charge in [0, 0.05) is 13.1 Å². The lowest BCUT2D eigenvalue weighted by Gasteiger charge is -2.10. The number of hydrogen-bond acceptors (Lipinski definition) is 3. The Kier molecular flexibility index (Phi) is 4.51. The maximum absolute atomic E-state index is 3.09. The van der Waals surface area contributed by atoms with Gasteiger partial charge in [0.25, 0.3) is 0 Å². The lowest BCUT2D eigenvalue weighted by atomic mass is 10.1. The summed E-state index contributed by atoms with van der Waals surface area (Å²) < 4.78 is 0. The van der Waals surface area contributed by atoms with Crippen molar-refractivity contribution in [3.05, 3.63) is 0 Å². The molecule has 0 amide bonds. The van der Waals surface area contributed by atoms with Crippen molar-refractivity contribution in [1.29, 1.82) is 0 Å². The van der Waals surface area contributed by atoms with E-state index in [2.05, 4.69) is 16.4 Å². The van der Waals surface area contributed by atoms with Crippen LogP contribution in [0.3, 0.4) is 0 Å². The Morgan fingerprint density at radius 3 is 1.70 bits per heavy atom. The van der Waals surface area contributed by atoms with E-state index >= 15 is 0 Å². The van der Waals surface area contributed by atoms with Gasteiger partial charge in [0.05, 0.1) is 0 Å². The van der Waals surface area contributed by atoms with Crippen molar-refractivity contribution >= 4 is 0 Å². The molecule has 0 spiro atoms. The number of rotatable bonds is 0. The number of nitrogens with one attached hydrogen (secondary N) is 3. The van der Waals surface area contributed by atoms with E-state index in [-0.39, 0.29) is 0 Å². The molecule has 0 aromatic rings. The summed E-state index contributed by atoms with van der Waals surface area (Å²) in [5.74, 6) is 0. The van der Waals surface area contributed by atoms with Gasteiger partial charge in [0.2, 0.25) is 0 Å². The second kappa shape index (κ2) is 5.65. The van der Waals surface area contributed by atoms with Crippen LogP contribution < -0.4 is 16.4 Å². The zero-order chi connectivity index (χ0) is 7.07. The summed E-state index contributed by atoms with van der Waals surface area (Å²) in [7, 11) is 0. The Bertz CT molecular complexity index is 42.0. The molecular formula is C7H17N3. The van der Waals surface area contributed by atoms with Gasteiger partial charge in [0.15, 0.2) is 0 Å². The van der Waals surface area contributed by atoms with Gasteiger partial charge < -0.3 is 0 Å². The third-order valence-corrected chi connectivity index (χ3v) is 1.78. The molecule has 0 saturated carbocycles. The zero-order valence-corrected chi connectivity index (χ0v) is 6.45. The molecule has 3 nitrogen and oxygen atoms in total. The Morgan fingerprint density at radius 2 is 1.10 bits per heavy atom. The maximum Gasteiger partial charge on any atom is 0.0113 e. The van der Waals surface area contributed by atoms with Gasteiger partial charge in [-0.3, -0.25) is 0 Å². The fourth-order valence-electron chi connectivity index (χ4n) is 1.14. The third-order valence-electron chi connectivity index (χ3n) is 1.78. The Labute approximate surface area is 62.5 Å². The van der Waals surface area contributed by atoms with Gasteiger partial charge >= 0.3 is 0 Å². The Balaban J connectivity index is 2.00. The summed E-state index contributed by atoms with van der Waals surface area (Å²) in [5.41, 5.74) is 9.14. The smallest absolute Gasteiger partial charge is 0.0113 e. The van der Waals surface area contributed by atoms with Gasteiger partial charge in [-0.15, -0.1) is 0 Å². The van der Waals surface area contributed by atoms with Crippen molar-refractivity contribution in [1.82, 2.24) is 16.4 Å². The molecule has 0 unspecified atom stereocenters. The Morgan fingerprint density at radius 1 is 0.600 bits per heavy atom. The molecule has 0 aliphatic carbocycles. The van der Waals surface area contributed by atoms with Crippen molar-refractivity contribution in [2.24, 2.45) is 0 Å². The molecule has 0 radical (unpaired) electrons. The van der Waals surface area contributed by atoms with Crippen LogP contribution in [0.4, 0.5) is 0 Å². The van der Waals surface area contributed by atoms with Gasteiger partial charge in [-0.25, -0.2) is 10.9 Å². The summed E-state index contributed by atoms with van der Waals surface area (Å²) in [6.07, 6.45) is 6.70. The first kappa shape index (κ1) is 7.98. The average molecular weight is 143 g/mol. The van der Waals surface area contributed by atoms with E-state index in [0.717, 1.165) is 13.1 Å². The lowest BCUT2D eigenvalue weighted by molar-refractivity contribution is 0.400. The van der Waals surface area contributed by atoms with E-state index in [0.29, 0.717) is 0 Å². The normalized spacial score (nSPS) is 24.0. The molecule has 3 N–H and O–H groups in total. The van der Waals surface area contributed by atoms with Crippen molar-refractivity contribution in [3.63, 3.8) is 0 Å². The monoisotopic (exact) mass is 143 g/mol. The molecule has 3 heteroatoms. The maximum atomic E-state index is 3.09. The zero-order valence-electron chi connectivity index (χ0n) is 6.45. The molecule has 0 aromatic carbocycles. The second-order valence-electron chi connectivity index (χ2n) is 2.75. The fourth-order valence-corrected chi connectivity index (χ4v) is 1.14. The van der Waals surface area contributed by atoms with Crippen LogP contribution in [0.15, 0.2) is 0 Å². The molecule has 1 heterocycles. The summed E-state index contributed by atoms with van der Waals surface area (Å²) in [4.78, 5) is 0. The quantitative estimate of drug-likeness (QED) is 0.463. The fraction of sp³-hybridized carbons (Fsp3) is 1.00. The van der Waals surface area contributed by atoms with Gasteiger partial charge in [-0.2, -0.15) is 5.53 Å². The van der Waals surface area contributed by atoms with E-state index in [1.807, 2.05) is 0 Å². The molecule has 10 heavy (non-hydrogen) atoms. The predicted molar refractivity (Wildman–Crippen MR) is 42.2 cm³/mol. The topological polar surface area (TPSA) is 36.1 Å². The van der Waals surface area contributed by atoms with Gasteiger partial charge in [0.1, 0.15) is 0 Å². The first-order valence-corrected chi connectivity index (χ1v) is 4.21. The molecular weight excluding hydrogens is 126 g/mol. The molecule has 1 aliphatic rings. The highest BCUT2D eigenvalue weighted by molar-refractivity contribution is 4.49. The van der Waals surface area contributed by atoms with Crippen LogP contribution in [0.25, 0.3) is 0 Å². The van der Waals surface area contributed by atoms with Crippen LogP contribution in [0, 0.1) is 0 Å². The number of hydrogen-bond donors (Lipinski definition) is 3. The van der Waals surface area contributed by atoms with Crippen molar-refractivity contribution in [2.45, 2.75) is 32.1 Å². The lowest BCUT2D eigenvalue weighted by Crippen LogP contribution is -2.44.